The smallest absolute Gasteiger partial charge is 0.159 e. The van der Waals surface area contributed by atoms with Crippen molar-refractivity contribution >= 4 is 5.78 Å². The molecule has 0 saturated carbocycles. The first-order chi connectivity index (χ1) is 16.1. The monoisotopic (exact) mass is 444 g/mol. The molecule has 33 heavy (non-hydrogen) atoms. The zero-order valence-corrected chi connectivity index (χ0v) is 19.1. The fraction of sp³-hybridized carbons (Fsp3) is 0.321. The van der Waals surface area contributed by atoms with Crippen molar-refractivity contribution < 1.29 is 14.6 Å². The van der Waals surface area contributed by atoms with Crippen molar-refractivity contribution in [1.29, 1.82) is 0 Å². The summed E-state index contributed by atoms with van der Waals surface area (Å²) in [6, 6.07) is 28.6. The fourth-order valence-corrected chi connectivity index (χ4v) is 4.42. The maximum atomic E-state index is 11.4. The second-order valence-electron chi connectivity index (χ2n) is 8.61. The van der Waals surface area contributed by atoms with E-state index >= 15 is 0 Å². The largest absolute Gasteiger partial charge is 0.491 e. The number of β-amino-alcohol motifs (C(OH)–C–C–N with tert-alkyl or cyclic N) is 1. The quantitative estimate of drug-likeness (QED) is 0.505. The van der Waals surface area contributed by atoms with Crippen LogP contribution >= 0.6 is 0 Å². The second-order valence-corrected chi connectivity index (χ2v) is 8.61. The van der Waals surface area contributed by atoms with Gasteiger partial charge in [-0.2, -0.15) is 0 Å². The number of Topliss-reactive ketones (excluding diaryl/α,β-unsaturated/α-hetero) is 1. The Morgan fingerprint density at radius 2 is 1.39 bits per heavy atom. The maximum Gasteiger partial charge on any atom is 0.159 e. The molecule has 0 aliphatic carbocycles. The topological polar surface area (TPSA) is 53.0 Å². The molecule has 172 valence electrons. The minimum atomic E-state index is -0.567. The number of piperazine rings is 1. The molecule has 0 amide bonds. The van der Waals surface area contributed by atoms with Crippen molar-refractivity contribution in [1.82, 2.24) is 9.80 Å². The highest BCUT2D eigenvalue weighted by atomic mass is 16.5. The van der Waals surface area contributed by atoms with E-state index in [0.717, 1.165) is 26.2 Å². The lowest BCUT2D eigenvalue weighted by molar-refractivity contribution is 0.0401. The third-order valence-electron chi connectivity index (χ3n) is 6.17. The van der Waals surface area contributed by atoms with Gasteiger partial charge < -0.3 is 9.84 Å². The number of rotatable bonds is 9. The number of carbonyl (C=O) groups is 1. The number of aliphatic hydroxyl groups excluding tert-OH is 1. The molecule has 0 aromatic heterocycles. The van der Waals surface area contributed by atoms with Crippen molar-refractivity contribution in [2.45, 2.75) is 19.1 Å². The van der Waals surface area contributed by atoms with Crippen molar-refractivity contribution in [2.24, 2.45) is 0 Å². The first-order valence-corrected chi connectivity index (χ1v) is 11.6. The first kappa shape index (κ1) is 23.2. The van der Waals surface area contributed by atoms with Gasteiger partial charge >= 0.3 is 0 Å². The molecule has 3 aromatic carbocycles. The van der Waals surface area contributed by atoms with Gasteiger partial charge in [-0.1, -0.05) is 60.7 Å². The molecule has 1 atom stereocenters. The van der Waals surface area contributed by atoms with Crippen LogP contribution in [0.15, 0.2) is 84.9 Å². The summed E-state index contributed by atoms with van der Waals surface area (Å²) in [6.45, 7) is 6.04. The minimum Gasteiger partial charge on any atom is -0.491 e. The van der Waals surface area contributed by atoms with Crippen LogP contribution in [0.25, 0.3) is 0 Å². The molecule has 1 saturated heterocycles. The summed E-state index contributed by atoms with van der Waals surface area (Å²) in [5.41, 5.74) is 3.27. The SMILES string of the molecule is CC(=O)c1ccc(OC[C@@H](O)CN2CCN(C(c3ccccc3)c3ccccc3)CC2)cc1. The molecule has 1 heterocycles. The maximum absolute atomic E-state index is 11.4. The summed E-state index contributed by atoms with van der Waals surface area (Å²) >= 11 is 0. The molecule has 4 rings (SSSR count). The predicted octanol–water partition coefficient (Wildman–Crippen LogP) is 4.04. The number of nitrogens with zero attached hydrogens (tertiary/aromatic N) is 2. The highest BCUT2D eigenvalue weighted by Crippen LogP contribution is 2.29. The standard InChI is InChI=1S/C28H32N2O3/c1-22(31)23-12-14-27(15-13-23)33-21-26(32)20-29-16-18-30(19-17-29)28(24-8-4-2-5-9-24)25-10-6-3-7-11-25/h2-15,26,28,32H,16-21H2,1H3/t26-/m0/s1. The molecule has 1 aliphatic heterocycles. The van der Waals surface area contributed by atoms with Crippen LogP contribution in [0.2, 0.25) is 0 Å². The van der Waals surface area contributed by atoms with E-state index in [1.165, 1.54) is 11.1 Å². The van der Waals surface area contributed by atoms with E-state index in [2.05, 4.69) is 70.5 Å². The Labute approximate surface area is 196 Å². The fourth-order valence-electron chi connectivity index (χ4n) is 4.42. The molecular formula is C28H32N2O3. The number of benzene rings is 3. The van der Waals surface area contributed by atoms with Crippen molar-refractivity contribution in [3.8, 4) is 5.75 Å². The summed E-state index contributed by atoms with van der Waals surface area (Å²) in [7, 11) is 0. The van der Waals surface area contributed by atoms with Gasteiger partial charge in [0.05, 0.1) is 6.04 Å². The normalized spacial score (nSPS) is 16.0. The van der Waals surface area contributed by atoms with Gasteiger partial charge in [-0.05, 0) is 42.3 Å². The van der Waals surface area contributed by atoms with Crippen LogP contribution in [0.3, 0.4) is 0 Å². The summed E-state index contributed by atoms with van der Waals surface area (Å²) < 4.78 is 5.72. The molecule has 5 heteroatoms. The molecule has 0 bridgehead atoms. The van der Waals surface area contributed by atoms with E-state index in [1.807, 2.05) is 0 Å². The summed E-state index contributed by atoms with van der Waals surface area (Å²) in [6.07, 6.45) is -0.567. The minimum absolute atomic E-state index is 0.0301. The van der Waals surface area contributed by atoms with E-state index in [1.54, 1.807) is 31.2 Å². The van der Waals surface area contributed by atoms with Crippen molar-refractivity contribution in [2.75, 3.05) is 39.3 Å². The van der Waals surface area contributed by atoms with Gasteiger partial charge in [-0.25, -0.2) is 0 Å². The van der Waals surface area contributed by atoms with Gasteiger partial charge in [-0.3, -0.25) is 14.6 Å². The van der Waals surface area contributed by atoms with Crippen molar-refractivity contribution in [3.63, 3.8) is 0 Å². The Balaban J connectivity index is 1.30. The van der Waals surface area contributed by atoms with Crippen LogP contribution in [0.1, 0.15) is 34.5 Å². The molecule has 0 spiro atoms. The number of hydrogen-bond donors (Lipinski definition) is 1. The summed E-state index contributed by atoms with van der Waals surface area (Å²) in [5, 5.41) is 10.5. The van der Waals surface area contributed by atoms with Gasteiger partial charge in [0.1, 0.15) is 18.5 Å². The third kappa shape index (κ3) is 6.29. The van der Waals surface area contributed by atoms with Gasteiger partial charge in [0.2, 0.25) is 0 Å². The van der Waals surface area contributed by atoms with Crippen LogP contribution in [0.5, 0.6) is 5.75 Å². The molecule has 5 nitrogen and oxygen atoms in total. The van der Waals surface area contributed by atoms with Crippen LogP contribution in [0.4, 0.5) is 0 Å². The molecular weight excluding hydrogens is 412 g/mol. The average molecular weight is 445 g/mol. The molecule has 0 radical (unpaired) electrons. The molecule has 1 fully saturated rings. The lowest BCUT2D eigenvalue weighted by Crippen LogP contribution is -2.50. The number of aliphatic hydroxyl groups is 1. The molecule has 3 aromatic rings. The lowest BCUT2D eigenvalue weighted by atomic mass is 9.96. The highest BCUT2D eigenvalue weighted by Gasteiger charge is 2.27. The molecule has 1 N–H and O–H groups in total. The number of carbonyl (C=O) groups excluding carboxylic acids is 1. The van der Waals surface area contributed by atoms with Gasteiger partial charge in [0, 0.05) is 38.3 Å². The number of hydrogen-bond acceptors (Lipinski definition) is 5. The average Bonchev–Trinajstić information content (AvgIpc) is 2.85. The van der Waals surface area contributed by atoms with E-state index < -0.39 is 6.10 Å². The van der Waals surface area contributed by atoms with Crippen LogP contribution in [-0.2, 0) is 0 Å². The van der Waals surface area contributed by atoms with Gasteiger partial charge in [0.15, 0.2) is 5.78 Å². The Kier molecular flexibility index (Phi) is 7.89. The Hall–Kier alpha value is -2.99. The van der Waals surface area contributed by atoms with E-state index in [4.69, 9.17) is 4.74 Å². The Morgan fingerprint density at radius 1 is 0.848 bits per heavy atom. The second kappa shape index (κ2) is 11.2. The zero-order valence-electron chi connectivity index (χ0n) is 19.1. The van der Waals surface area contributed by atoms with Crippen LogP contribution < -0.4 is 4.74 Å². The van der Waals surface area contributed by atoms with Gasteiger partial charge in [-0.15, -0.1) is 0 Å². The summed E-state index contributed by atoms with van der Waals surface area (Å²) in [4.78, 5) is 16.2. The third-order valence-corrected chi connectivity index (χ3v) is 6.17. The van der Waals surface area contributed by atoms with Crippen LogP contribution in [-0.4, -0.2) is 66.1 Å². The van der Waals surface area contributed by atoms with E-state index in [9.17, 15) is 9.90 Å². The molecule has 0 unspecified atom stereocenters. The lowest BCUT2D eigenvalue weighted by Gasteiger charge is -2.40. The highest BCUT2D eigenvalue weighted by molar-refractivity contribution is 5.94. The summed E-state index contributed by atoms with van der Waals surface area (Å²) in [5.74, 6) is 0.694. The number of ether oxygens (including phenoxy) is 1. The van der Waals surface area contributed by atoms with Crippen molar-refractivity contribution in [3.05, 3.63) is 102 Å². The van der Waals surface area contributed by atoms with Gasteiger partial charge in [0.25, 0.3) is 0 Å². The number of ketones is 1. The van der Waals surface area contributed by atoms with E-state index in [0.29, 0.717) is 17.9 Å². The Bertz CT molecular complexity index is 961. The predicted molar refractivity (Wildman–Crippen MR) is 131 cm³/mol. The first-order valence-electron chi connectivity index (χ1n) is 11.6. The Morgan fingerprint density at radius 3 is 1.91 bits per heavy atom. The van der Waals surface area contributed by atoms with E-state index in [-0.39, 0.29) is 18.4 Å². The zero-order chi connectivity index (χ0) is 23.0. The van der Waals surface area contributed by atoms with Crippen LogP contribution in [0, 0.1) is 0 Å². The molecule has 1 aliphatic rings.